The Morgan fingerprint density at radius 1 is 1.23 bits per heavy atom. The Labute approximate surface area is 205 Å². The quantitative estimate of drug-likeness (QED) is 0.449. The minimum Gasteiger partial charge on any atom is -0.383 e. The molecule has 12 heteroatoms. The molecule has 0 aliphatic carbocycles. The second-order valence-corrected chi connectivity index (χ2v) is 8.73. The summed E-state index contributed by atoms with van der Waals surface area (Å²) in [5.74, 6) is -0.0191. The lowest BCUT2D eigenvalue weighted by Gasteiger charge is -2.32. The van der Waals surface area contributed by atoms with Gasteiger partial charge >= 0.3 is 0 Å². The van der Waals surface area contributed by atoms with Gasteiger partial charge < -0.3 is 10.6 Å². The zero-order valence-corrected chi connectivity index (χ0v) is 19.7. The van der Waals surface area contributed by atoms with Gasteiger partial charge in [-0.3, -0.25) is 9.48 Å². The van der Waals surface area contributed by atoms with Crippen LogP contribution in [0.25, 0.3) is 28.2 Å². The Morgan fingerprint density at radius 2 is 2.03 bits per heavy atom. The number of nitrogen functional groups attached to an aromatic ring is 1. The summed E-state index contributed by atoms with van der Waals surface area (Å²) >= 11 is 5.94. The van der Waals surface area contributed by atoms with E-state index in [4.69, 9.17) is 17.3 Å². The largest absolute Gasteiger partial charge is 0.383 e. The number of amides is 1. The number of carbonyl (C=O) groups excluding carboxylic acids is 1. The smallest absolute Gasteiger partial charge is 0.222 e. The fourth-order valence-corrected chi connectivity index (χ4v) is 4.45. The van der Waals surface area contributed by atoms with Crippen LogP contribution in [0.5, 0.6) is 0 Å². The summed E-state index contributed by atoms with van der Waals surface area (Å²) in [5, 5.41) is 16.2. The SMILES string of the molecule is CCC(=O)N1CCC(n2cc(-c3cnc(N)c(-c4nnnn4-c4cccc(Cl)c4F)c3)cn2)CC1. The number of carbonyl (C=O) groups is 1. The lowest BCUT2D eigenvalue weighted by atomic mass is 10.0. The van der Waals surface area contributed by atoms with Gasteiger partial charge in [0.15, 0.2) is 11.6 Å². The first kappa shape index (κ1) is 22.9. The van der Waals surface area contributed by atoms with E-state index in [0.717, 1.165) is 37.1 Å². The topological polar surface area (TPSA) is 121 Å². The number of piperidine rings is 1. The third-order valence-corrected chi connectivity index (χ3v) is 6.51. The third kappa shape index (κ3) is 4.34. The molecule has 0 atom stereocenters. The van der Waals surface area contributed by atoms with Crippen molar-refractivity contribution in [3.05, 3.63) is 53.7 Å². The molecule has 4 heterocycles. The molecule has 2 N–H and O–H groups in total. The molecule has 5 rings (SSSR count). The molecule has 0 saturated carbocycles. The van der Waals surface area contributed by atoms with E-state index in [2.05, 4.69) is 25.6 Å². The van der Waals surface area contributed by atoms with Crippen molar-refractivity contribution in [3.63, 3.8) is 0 Å². The summed E-state index contributed by atoms with van der Waals surface area (Å²) in [5.41, 5.74) is 8.31. The van der Waals surface area contributed by atoms with Crippen LogP contribution in [0, 0.1) is 5.82 Å². The number of tetrazole rings is 1. The van der Waals surface area contributed by atoms with Crippen LogP contribution in [0.2, 0.25) is 5.02 Å². The van der Waals surface area contributed by atoms with Crippen LogP contribution < -0.4 is 5.73 Å². The number of nitrogens with two attached hydrogens (primary N) is 1. The van der Waals surface area contributed by atoms with Crippen molar-refractivity contribution in [2.45, 2.75) is 32.2 Å². The maximum absolute atomic E-state index is 14.6. The maximum Gasteiger partial charge on any atom is 0.222 e. The minimum atomic E-state index is -0.640. The number of benzene rings is 1. The number of nitrogens with zero attached hydrogens (tertiary/aromatic N) is 8. The van der Waals surface area contributed by atoms with Crippen molar-refractivity contribution in [2.75, 3.05) is 18.8 Å². The number of likely N-dealkylation sites (tertiary alicyclic amines) is 1. The molecule has 0 spiro atoms. The van der Waals surface area contributed by atoms with Crippen LogP contribution in [0.4, 0.5) is 10.2 Å². The average Bonchev–Trinajstić information content (AvgIpc) is 3.56. The summed E-state index contributed by atoms with van der Waals surface area (Å²) in [6.07, 6.45) is 7.59. The molecule has 1 aliphatic rings. The van der Waals surface area contributed by atoms with Crippen molar-refractivity contribution in [3.8, 4) is 28.2 Å². The fraction of sp³-hybridized carbons (Fsp3) is 0.304. The number of pyridine rings is 1. The highest BCUT2D eigenvalue weighted by Crippen LogP contribution is 2.31. The monoisotopic (exact) mass is 495 g/mol. The maximum atomic E-state index is 14.6. The van der Waals surface area contributed by atoms with Gasteiger partial charge in [-0.25, -0.2) is 9.37 Å². The second-order valence-electron chi connectivity index (χ2n) is 8.32. The summed E-state index contributed by atoms with van der Waals surface area (Å²) < 4.78 is 17.8. The highest BCUT2D eigenvalue weighted by molar-refractivity contribution is 6.30. The van der Waals surface area contributed by atoms with Crippen LogP contribution in [-0.2, 0) is 4.79 Å². The van der Waals surface area contributed by atoms with Gasteiger partial charge in [0, 0.05) is 43.0 Å². The first-order valence-electron chi connectivity index (χ1n) is 11.3. The van der Waals surface area contributed by atoms with E-state index >= 15 is 0 Å². The molecule has 1 aromatic carbocycles. The van der Waals surface area contributed by atoms with E-state index in [-0.39, 0.29) is 34.3 Å². The van der Waals surface area contributed by atoms with E-state index in [0.29, 0.717) is 12.0 Å². The summed E-state index contributed by atoms with van der Waals surface area (Å²) in [6, 6.07) is 6.60. The van der Waals surface area contributed by atoms with Crippen LogP contribution in [0.1, 0.15) is 32.2 Å². The highest BCUT2D eigenvalue weighted by Gasteiger charge is 2.24. The van der Waals surface area contributed by atoms with Gasteiger partial charge in [0.25, 0.3) is 0 Å². The van der Waals surface area contributed by atoms with Crippen molar-refractivity contribution < 1.29 is 9.18 Å². The molecule has 180 valence electrons. The minimum absolute atomic E-state index is 0.0406. The molecule has 1 saturated heterocycles. The first-order valence-corrected chi connectivity index (χ1v) is 11.6. The molecule has 0 bridgehead atoms. The number of aromatic nitrogens is 7. The Bertz CT molecular complexity index is 1380. The zero-order valence-electron chi connectivity index (χ0n) is 19.0. The molecule has 3 aromatic heterocycles. The standard InChI is InChI=1S/C23H23ClFN9O/c1-2-20(35)32-8-6-16(7-9-32)33-13-15(12-28-33)14-10-17(22(26)27-11-14)23-29-30-31-34(23)19-5-3-4-18(24)21(19)25/h3-5,10-13,16H,2,6-9H2,1H3,(H2,26,27). The van der Waals surface area contributed by atoms with Gasteiger partial charge in [0.2, 0.25) is 5.91 Å². The van der Waals surface area contributed by atoms with Crippen molar-refractivity contribution >= 4 is 23.3 Å². The molecular formula is C23H23ClFN9O. The molecule has 0 radical (unpaired) electrons. The van der Waals surface area contributed by atoms with E-state index in [1.165, 1.54) is 16.8 Å². The van der Waals surface area contributed by atoms with Gasteiger partial charge in [0.1, 0.15) is 11.5 Å². The number of hydrogen-bond acceptors (Lipinski definition) is 7. The Kier molecular flexibility index (Phi) is 6.16. The first-order chi connectivity index (χ1) is 17.0. The normalized spacial score (nSPS) is 14.4. The van der Waals surface area contributed by atoms with E-state index < -0.39 is 5.82 Å². The molecule has 1 amide bonds. The van der Waals surface area contributed by atoms with Gasteiger partial charge in [-0.2, -0.15) is 9.78 Å². The Hall–Kier alpha value is -3.86. The van der Waals surface area contributed by atoms with Gasteiger partial charge in [-0.15, -0.1) is 5.10 Å². The van der Waals surface area contributed by atoms with Crippen LogP contribution in [0.3, 0.4) is 0 Å². The third-order valence-electron chi connectivity index (χ3n) is 6.22. The number of hydrogen-bond donors (Lipinski definition) is 1. The summed E-state index contributed by atoms with van der Waals surface area (Å²) in [6.45, 7) is 3.33. The van der Waals surface area contributed by atoms with Gasteiger partial charge in [-0.1, -0.05) is 24.6 Å². The summed E-state index contributed by atoms with van der Waals surface area (Å²) in [4.78, 5) is 18.2. The lowest BCUT2D eigenvalue weighted by molar-refractivity contribution is -0.132. The fourth-order valence-electron chi connectivity index (χ4n) is 4.28. The average molecular weight is 496 g/mol. The predicted molar refractivity (Wildman–Crippen MR) is 128 cm³/mol. The number of rotatable bonds is 5. The van der Waals surface area contributed by atoms with Gasteiger partial charge in [0.05, 0.1) is 22.8 Å². The molecule has 1 aliphatic heterocycles. The zero-order chi connectivity index (χ0) is 24.5. The molecule has 1 fully saturated rings. The number of halogens is 2. The van der Waals surface area contributed by atoms with E-state index in [1.807, 2.05) is 22.7 Å². The van der Waals surface area contributed by atoms with Crippen molar-refractivity contribution in [1.29, 1.82) is 0 Å². The van der Waals surface area contributed by atoms with Crippen molar-refractivity contribution in [2.24, 2.45) is 0 Å². The summed E-state index contributed by atoms with van der Waals surface area (Å²) in [7, 11) is 0. The van der Waals surface area contributed by atoms with Crippen LogP contribution in [-0.4, -0.2) is 58.9 Å². The molecular weight excluding hydrogens is 473 g/mol. The number of anilines is 1. The molecule has 35 heavy (non-hydrogen) atoms. The van der Waals surface area contributed by atoms with Gasteiger partial charge in [-0.05, 0) is 41.5 Å². The van der Waals surface area contributed by atoms with Crippen LogP contribution >= 0.6 is 11.6 Å². The van der Waals surface area contributed by atoms with E-state index in [1.54, 1.807) is 24.5 Å². The second kappa shape index (κ2) is 9.41. The molecule has 10 nitrogen and oxygen atoms in total. The molecule has 4 aromatic rings. The van der Waals surface area contributed by atoms with Crippen molar-refractivity contribution in [1.82, 2.24) is 39.9 Å². The Balaban J connectivity index is 1.43. The van der Waals surface area contributed by atoms with Crippen LogP contribution in [0.15, 0.2) is 42.9 Å². The predicted octanol–water partition coefficient (Wildman–Crippen LogP) is 3.54. The molecule has 0 unspecified atom stereocenters. The Morgan fingerprint density at radius 3 is 2.80 bits per heavy atom. The lowest BCUT2D eigenvalue weighted by Crippen LogP contribution is -2.38. The highest BCUT2D eigenvalue weighted by atomic mass is 35.5. The van der Waals surface area contributed by atoms with E-state index in [9.17, 15) is 9.18 Å².